The van der Waals surface area contributed by atoms with Crippen LogP contribution in [0.5, 0.6) is 0 Å². The molecule has 0 spiro atoms. The molecule has 3 rings (SSSR count). The van der Waals surface area contributed by atoms with E-state index in [-0.39, 0.29) is 5.41 Å². The Morgan fingerprint density at radius 3 is 2.26 bits per heavy atom. The second kappa shape index (κ2) is 3.70. The number of aromatic amines is 1. The van der Waals surface area contributed by atoms with Gasteiger partial charge in [-0.15, -0.1) is 0 Å². The first-order valence-electron chi connectivity index (χ1n) is 6.48. The predicted octanol–water partition coefficient (Wildman–Crippen LogP) is 2.83. The third kappa shape index (κ3) is 1.67. The summed E-state index contributed by atoms with van der Waals surface area (Å²) < 4.78 is 0. The molecular weight excluding hydrogens is 232 g/mol. The minimum atomic E-state index is -0.00605. The number of nitrogens with zero attached hydrogens (tertiary/aromatic N) is 1. The molecule has 2 heteroatoms. The molecule has 3 aromatic rings. The predicted molar refractivity (Wildman–Crippen MR) is 82.6 cm³/mol. The van der Waals surface area contributed by atoms with Crippen molar-refractivity contribution in [2.45, 2.75) is 26.2 Å². The lowest BCUT2D eigenvalue weighted by Crippen LogP contribution is -2.23. The number of fused-ring (bicyclic) bond motifs is 3. The van der Waals surface area contributed by atoms with Crippen molar-refractivity contribution >= 4 is 35.0 Å². The molecule has 2 aromatic carbocycles. The molecule has 0 amide bonds. The van der Waals surface area contributed by atoms with Crippen molar-refractivity contribution in [3.8, 4) is 0 Å². The molecule has 1 N–H and O–H groups in total. The van der Waals surface area contributed by atoms with E-state index >= 15 is 0 Å². The van der Waals surface area contributed by atoms with Crippen LogP contribution in [0.2, 0.25) is 0 Å². The molecule has 0 aliphatic carbocycles. The Kier molecular flexibility index (Phi) is 2.33. The van der Waals surface area contributed by atoms with Crippen molar-refractivity contribution in [1.82, 2.24) is 9.97 Å². The molecule has 1 heterocycles. The highest BCUT2D eigenvalue weighted by Crippen LogP contribution is 2.24. The van der Waals surface area contributed by atoms with Crippen LogP contribution < -0.4 is 10.4 Å². The van der Waals surface area contributed by atoms with Crippen molar-refractivity contribution in [2.24, 2.45) is 0 Å². The zero-order valence-electron chi connectivity index (χ0n) is 11.7. The van der Waals surface area contributed by atoms with E-state index in [0.717, 1.165) is 38.1 Å². The van der Waals surface area contributed by atoms with Crippen LogP contribution >= 0.6 is 0 Å². The maximum atomic E-state index is 4.74. The van der Waals surface area contributed by atoms with Gasteiger partial charge < -0.3 is 4.98 Å². The lowest BCUT2D eigenvalue weighted by molar-refractivity contribution is 0.554. The van der Waals surface area contributed by atoms with Gasteiger partial charge in [-0.25, -0.2) is 4.98 Å². The first-order chi connectivity index (χ1) is 8.89. The number of H-pyrrole nitrogens is 1. The van der Waals surface area contributed by atoms with E-state index < -0.39 is 0 Å². The van der Waals surface area contributed by atoms with Crippen LogP contribution in [0.15, 0.2) is 24.3 Å². The van der Waals surface area contributed by atoms with Crippen LogP contribution in [-0.4, -0.2) is 9.97 Å². The number of rotatable bonds is 0. The Morgan fingerprint density at radius 1 is 1.00 bits per heavy atom. The summed E-state index contributed by atoms with van der Waals surface area (Å²) in [5.74, 6) is 0.989. The monoisotopic (exact) mass is 250 g/mol. The normalized spacial score (nSPS) is 12.4. The van der Waals surface area contributed by atoms with Gasteiger partial charge in [0.25, 0.3) is 0 Å². The summed E-state index contributed by atoms with van der Waals surface area (Å²) in [4.78, 5) is 8.20. The summed E-state index contributed by atoms with van der Waals surface area (Å²) in [6.07, 6.45) is 0. The molecule has 96 valence electrons. The summed E-state index contributed by atoms with van der Waals surface area (Å²) >= 11 is 0. The summed E-state index contributed by atoms with van der Waals surface area (Å²) in [5, 5.41) is 4.19. The summed E-state index contributed by atoms with van der Waals surface area (Å²) in [5.41, 5.74) is 2.00. The van der Waals surface area contributed by atoms with Gasteiger partial charge in [0.05, 0.1) is 11.0 Å². The summed E-state index contributed by atoms with van der Waals surface area (Å²) in [6, 6.07) is 8.27. The maximum absolute atomic E-state index is 4.74. The molecule has 19 heavy (non-hydrogen) atoms. The zero-order valence-corrected chi connectivity index (χ0v) is 11.7. The first-order valence-corrected chi connectivity index (χ1v) is 6.48. The van der Waals surface area contributed by atoms with Gasteiger partial charge in [0, 0.05) is 16.0 Å². The van der Waals surface area contributed by atoms with E-state index in [4.69, 9.17) is 4.98 Å². The SMILES string of the molecule is C=c1c(=C)c2nc(C(C)(C)C)[nH]c2c2ccccc12. The van der Waals surface area contributed by atoms with Gasteiger partial charge in [-0.05, 0) is 10.6 Å². The van der Waals surface area contributed by atoms with Gasteiger partial charge >= 0.3 is 0 Å². The largest absolute Gasteiger partial charge is 0.341 e. The highest BCUT2D eigenvalue weighted by Gasteiger charge is 2.19. The van der Waals surface area contributed by atoms with E-state index in [9.17, 15) is 0 Å². The third-order valence-corrected chi connectivity index (χ3v) is 3.59. The van der Waals surface area contributed by atoms with Gasteiger partial charge in [0.1, 0.15) is 5.82 Å². The van der Waals surface area contributed by atoms with Crippen molar-refractivity contribution in [1.29, 1.82) is 0 Å². The van der Waals surface area contributed by atoms with Gasteiger partial charge in [-0.1, -0.05) is 58.2 Å². The average Bonchev–Trinajstić information content (AvgIpc) is 2.81. The van der Waals surface area contributed by atoms with Crippen LogP contribution in [0.1, 0.15) is 26.6 Å². The Morgan fingerprint density at radius 2 is 1.63 bits per heavy atom. The maximum Gasteiger partial charge on any atom is 0.112 e. The lowest BCUT2D eigenvalue weighted by atomic mass is 9.96. The molecule has 0 radical (unpaired) electrons. The van der Waals surface area contributed by atoms with Crippen LogP contribution in [0.3, 0.4) is 0 Å². The van der Waals surface area contributed by atoms with E-state index in [1.807, 2.05) is 12.1 Å². The van der Waals surface area contributed by atoms with E-state index in [1.165, 1.54) is 0 Å². The fraction of sp³-hybridized carbons (Fsp3) is 0.235. The Balaban J connectivity index is 2.59. The quantitative estimate of drug-likeness (QED) is 0.653. The van der Waals surface area contributed by atoms with Crippen molar-refractivity contribution in [2.75, 3.05) is 0 Å². The highest BCUT2D eigenvalue weighted by molar-refractivity contribution is 6.04. The van der Waals surface area contributed by atoms with E-state index in [1.54, 1.807) is 0 Å². The molecule has 0 aliphatic heterocycles. The Hall–Kier alpha value is -2.09. The van der Waals surface area contributed by atoms with Gasteiger partial charge in [0.15, 0.2) is 0 Å². The number of hydrogen-bond donors (Lipinski definition) is 1. The number of benzene rings is 2. The second-order valence-corrected chi connectivity index (χ2v) is 6.06. The third-order valence-electron chi connectivity index (χ3n) is 3.59. The Labute approximate surface area is 112 Å². The molecule has 0 fully saturated rings. The minimum Gasteiger partial charge on any atom is -0.341 e. The standard InChI is InChI=1S/C17H18N2/c1-10-11(2)14-15(13-9-7-6-8-12(10)13)19-16(18-14)17(3,4)5/h6-9H,1-2H2,3-5H3,(H,18,19). The number of imidazole rings is 1. The van der Waals surface area contributed by atoms with Crippen LogP contribution in [0, 0.1) is 0 Å². The number of hydrogen-bond acceptors (Lipinski definition) is 1. The van der Waals surface area contributed by atoms with Crippen molar-refractivity contribution < 1.29 is 0 Å². The molecule has 2 nitrogen and oxygen atoms in total. The fourth-order valence-electron chi connectivity index (χ4n) is 2.41. The van der Waals surface area contributed by atoms with Crippen molar-refractivity contribution in [3.63, 3.8) is 0 Å². The molecular formula is C17H18N2. The molecule has 0 saturated heterocycles. The fourth-order valence-corrected chi connectivity index (χ4v) is 2.41. The highest BCUT2D eigenvalue weighted by atomic mass is 14.9. The van der Waals surface area contributed by atoms with Crippen LogP contribution in [0.25, 0.3) is 35.0 Å². The van der Waals surface area contributed by atoms with Gasteiger partial charge in [-0.3, -0.25) is 0 Å². The van der Waals surface area contributed by atoms with E-state index in [2.05, 4.69) is 51.0 Å². The zero-order chi connectivity index (χ0) is 13.8. The van der Waals surface area contributed by atoms with Crippen LogP contribution in [0.4, 0.5) is 0 Å². The van der Waals surface area contributed by atoms with Crippen LogP contribution in [-0.2, 0) is 5.41 Å². The average molecular weight is 250 g/mol. The topological polar surface area (TPSA) is 28.7 Å². The molecule has 0 bridgehead atoms. The Bertz CT molecular complexity index is 879. The molecule has 0 atom stereocenters. The molecule has 1 aromatic heterocycles. The van der Waals surface area contributed by atoms with E-state index in [0.29, 0.717) is 0 Å². The minimum absolute atomic E-state index is 0.00605. The summed E-state index contributed by atoms with van der Waals surface area (Å²) in [7, 11) is 0. The second-order valence-electron chi connectivity index (χ2n) is 6.06. The number of aromatic nitrogens is 2. The van der Waals surface area contributed by atoms with Crippen molar-refractivity contribution in [3.05, 3.63) is 40.5 Å². The summed E-state index contributed by atoms with van der Waals surface area (Å²) in [6.45, 7) is 14.8. The lowest BCUT2D eigenvalue weighted by Gasteiger charge is -2.13. The smallest absolute Gasteiger partial charge is 0.112 e. The molecule has 0 saturated carbocycles. The molecule has 0 unspecified atom stereocenters. The van der Waals surface area contributed by atoms with Gasteiger partial charge in [-0.2, -0.15) is 0 Å². The van der Waals surface area contributed by atoms with Gasteiger partial charge in [0.2, 0.25) is 0 Å². The number of nitrogens with one attached hydrogen (secondary N) is 1. The first kappa shape index (κ1) is 12.0. The molecule has 0 aliphatic rings.